The summed E-state index contributed by atoms with van der Waals surface area (Å²) in [4.78, 5) is 0. The molecule has 0 radical (unpaired) electrons. The Morgan fingerprint density at radius 3 is 1.32 bits per heavy atom. The summed E-state index contributed by atoms with van der Waals surface area (Å²) >= 11 is 0. The number of ether oxygens (including phenoxy) is 7. The minimum atomic E-state index is -1.55. The number of hydrogen-bond acceptors (Lipinski definition) is 8. The van der Waals surface area contributed by atoms with Crippen molar-refractivity contribution >= 4 is 23.8 Å². The van der Waals surface area contributed by atoms with Gasteiger partial charge in [-0.05, 0) is 73.4 Å². The summed E-state index contributed by atoms with van der Waals surface area (Å²) in [6.07, 6.45) is 0. The van der Waals surface area contributed by atoms with Gasteiger partial charge in [-0.25, -0.2) is 0 Å². The summed E-state index contributed by atoms with van der Waals surface area (Å²) in [5, 5.41) is 15.0. The van der Waals surface area contributed by atoms with E-state index < -0.39 is 7.92 Å². The number of phenols is 1. The Hall–Kier alpha value is -2.87. The lowest BCUT2D eigenvalue weighted by Gasteiger charge is -2.33. The fourth-order valence-electron chi connectivity index (χ4n) is 5.70. The summed E-state index contributed by atoms with van der Waals surface area (Å²) in [7, 11) is 3.41. The molecule has 3 rings (SSSR count). The SMILES string of the molecule is COCCOCOc1c(P(c2cc(OC)cc(C(C)(C)C)c2O)c2cc(C)cc(C(C)(C)C)c2OCOCCOC)cc(C)cc1C(C)(C)C. The molecular weight excluding hydrogens is 651 g/mol. The molecule has 0 atom stereocenters. The van der Waals surface area contributed by atoms with Crippen LogP contribution in [0.2, 0.25) is 0 Å². The van der Waals surface area contributed by atoms with E-state index >= 15 is 0 Å². The Kier molecular flexibility index (Phi) is 14.6. The molecule has 0 bridgehead atoms. The van der Waals surface area contributed by atoms with Gasteiger partial charge in [-0.15, -0.1) is 0 Å². The fraction of sp³-hybridized carbons (Fsp3) is 0.561. The summed E-state index contributed by atoms with van der Waals surface area (Å²) in [5.41, 5.74) is 4.13. The van der Waals surface area contributed by atoms with E-state index in [-0.39, 0.29) is 35.6 Å². The molecule has 0 saturated carbocycles. The maximum atomic E-state index is 12.4. The predicted molar refractivity (Wildman–Crippen MR) is 206 cm³/mol. The number of methoxy groups -OCH3 is 3. The van der Waals surface area contributed by atoms with Crippen LogP contribution in [0.1, 0.15) is 90.1 Å². The molecule has 3 aromatic carbocycles. The highest BCUT2D eigenvalue weighted by Crippen LogP contribution is 2.49. The highest BCUT2D eigenvalue weighted by Gasteiger charge is 2.35. The number of aryl methyl sites for hydroxylation is 2. The van der Waals surface area contributed by atoms with Crippen LogP contribution >= 0.6 is 7.92 Å². The number of hydrogen-bond donors (Lipinski definition) is 1. The molecule has 0 spiro atoms. The van der Waals surface area contributed by atoms with Crippen molar-refractivity contribution in [1.82, 2.24) is 0 Å². The van der Waals surface area contributed by atoms with Crippen molar-refractivity contribution in [1.29, 1.82) is 0 Å². The van der Waals surface area contributed by atoms with E-state index in [0.717, 1.165) is 55.2 Å². The van der Waals surface area contributed by atoms with Crippen molar-refractivity contribution in [2.75, 3.05) is 61.3 Å². The Morgan fingerprint density at radius 2 is 0.960 bits per heavy atom. The van der Waals surface area contributed by atoms with Gasteiger partial charge in [0.05, 0.1) is 33.5 Å². The first-order valence-corrected chi connectivity index (χ1v) is 18.6. The van der Waals surface area contributed by atoms with E-state index in [2.05, 4.69) is 100 Å². The third-order valence-corrected chi connectivity index (χ3v) is 10.8. The Balaban J connectivity index is 2.55. The monoisotopic (exact) mass is 712 g/mol. The molecule has 0 aromatic heterocycles. The average Bonchev–Trinajstić information content (AvgIpc) is 3.01. The van der Waals surface area contributed by atoms with Gasteiger partial charge in [-0.2, -0.15) is 0 Å². The molecule has 8 nitrogen and oxygen atoms in total. The summed E-state index contributed by atoms with van der Waals surface area (Å²) in [6, 6.07) is 12.6. The van der Waals surface area contributed by atoms with Crippen LogP contribution in [0.5, 0.6) is 23.0 Å². The van der Waals surface area contributed by atoms with Gasteiger partial charge in [0.15, 0.2) is 13.6 Å². The van der Waals surface area contributed by atoms with Gasteiger partial charge in [0.1, 0.15) is 23.0 Å². The van der Waals surface area contributed by atoms with Crippen LogP contribution in [-0.2, 0) is 35.2 Å². The molecule has 0 heterocycles. The second-order valence-electron chi connectivity index (χ2n) is 15.8. The van der Waals surface area contributed by atoms with Gasteiger partial charge in [0.2, 0.25) is 0 Å². The lowest BCUT2D eigenvalue weighted by molar-refractivity contribution is -0.00871. The molecule has 0 saturated heterocycles. The molecule has 3 aromatic rings. The first kappa shape index (κ1) is 41.5. The van der Waals surface area contributed by atoms with E-state index in [9.17, 15) is 5.11 Å². The largest absolute Gasteiger partial charge is 0.507 e. The Labute approximate surface area is 302 Å². The quantitative estimate of drug-likeness (QED) is 0.0921. The molecule has 50 heavy (non-hydrogen) atoms. The second-order valence-corrected chi connectivity index (χ2v) is 17.9. The van der Waals surface area contributed by atoms with Crippen molar-refractivity contribution in [3.8, 4) is 23.0 Å². The molecule has 278 valence electrons. The molecule has 1 N–H and O–H groups in total. The third-order valence-electron chi connectivity index (χ3n) is 8.31. The number of phenolic OH excluding ortho intramolecular Hbond substituents is 1. The highest BCUT2D eigenvalue weighted by molar-refractivity contribution is 7.80. The van der Waals surface area contributed by atoms with Crippen molar-refractivity contribution in [3.05, 3.63) is 64.2 Å². The predicted octanol–water partition coefficient (Wildman–Crippen LogP) is 7.67. The van der Waals surface area contributed by atoms with Gasteiger partial charge in [-0.3, -0.25) is 0 Å². The first-order valence-electron chi connectivity index (χ1n) is 17.3. The zero-order valence-electron chi connectivity index (χ0n) is 33.0. The van der Waals surface area contributed by atoms with Crippen molar-refractivity contribution in [3.63, 3.8) is 0 Å². The zero-order valence-corrected chi connectivity index (χ0v) is 33.9. The molecule has 9 heteroatoms. The highest BCUT2D eigenvalue weighted by atomic mass is 31.1. The number of rotatable bonds is 16. The molecule has 0 amide bonds. The molecule has 0 unspecified atom stereocenters. The number of benzene rings is 3. The lowest BCUT2D eigenvalue weighted by atomic mass is 9.85. The second kappa shape index (κ2) is 17.6. The van der Waals surface area contributed by atoms with Crippen LogP contribution in [0.15, 0.2) is 36.4 Å². The molecule has 0 aliphatic heterocycles. The van der Waals surface area contributed by atoms with Gasteiger partial charge >= 0.3 is 0 Å². The Bertz CT molecular complexity index is 1480. The first-order chi connectivity index (χ1) is 23.3. The van der Waals surface area contributed by atoms with Crippen LogP contribution in [0.4, 0.5) is 0 Å². The number of aromatic hydroxyl groups is 1. The lowest BCUT2D eigenvalue weighted by Crippen LogP contribution is -2.30. The van der Waals surface area contributed by atoms with Crippen molar-refractivity contribution < 1.29 is 38.3 Å². The van der Waals surface area contributed by atoms with Crippen LogP contribution in [0, 0.1) is 13.8 Å². The van der Waals surface area contributed by atoms with E-state index in [4.69, 9.17) is 33.2 Å². The van der Waals surface area contributed by atoms with E-state index in [1.807, 2.05) is 12.1 Å². The van der Waals surface area contributed by atoms with E-state index in [1.165, 1.54) is 0 Å². The summed E-state index contributed by atoms with van der Waals surface area (Å²) in [5.74, 6) is 2.35. The minimum absolute atomic E-state index is 0.0424. The minimum Gasteiger partial charge on any atom is -0.507 e. The van der Waals surface area contributed by atoms with Crippen molar-refractivity contribution in [2.24, 2.45) is 0 Å². The van der Waals surface area contributed by atoms with Crippen LogP contribution in [0.25, 0.3) is 0 Å². The average molecular weight is 713 g/mol. The third kappa shape index (κ3) is 10.6. The van der Waals surface area contributed by atoms with E-state index in [0.29, 0.717) is 32.2 Å². The van der Waals surface area contributed by atoms with E-state index in [1.54, 1.807) is 21.3 Å². The maximum Gasteiger partial charge on any atom is 0.189 e. The van der Waals surface area contributed by atoms with Crippen LogP contribution in [0.3, 0.4) is 0 Å². The fourth-order valence-corrected chi connectivity index (χ4v) is 8.51. The molecule has 0 aliphatic rings. The topological polar surface area (TPSA) is 84.8 Å². The van der Waals surface area contributed by atoms with Crippen LogP contribution in [-0.4, -0.2) is 66.4 Å². The molecule has 0 fully saturated rings. The smallest absolute Gasteiger partial charge is 0.189 e. The maximum absolute atomic E-state index is 12.4. The molecule has 0 aliphatic carbocycles. The summed E-state index contributed by atoms with van der Waals surface area (Å²) < 4.78 is 41.4. The summed E-state index contributed by atoms with van der Waals surface area (Å²) in [6.45, 7) is 25.4. The molecular formula is C41H61O8P. The van der Waals surface area contributed by atoms with Crippen LogP contribution < -0.4 is 30.1 Å². The van der Waals surface area contributed by atoms with Gasteiger partial charge in [0.25, 0.3) is 0 Å². The van der Waals surface area contributed by atoms with Gasteiger partial charge < -0.3 is 38.3 Å². The standard InChI is InChI=1S/C41H61O8P/c1-27-19-31(40(6,7)8)37(48-25-46-17-15-43-12)34(21-27)50(33-24-29(45-14)23-30(36(33)42)39(3,4)5)35-22-28(2)20-32(41(9,10)11)38(35)49-26-47-18-16-44-13/h19-24,42H,15-18,25-26H2,1-14H3. The van der Waals surface area contributed by atoms with Gasteiger partial charge in [-0.1, -0.05) is 74.4 Å². The van der Waals surface area contributed by atoms with Gasteiger partial charge in [0, 0.05) is 46.8 Å². The normalized spacial score (nSPS) is 12.5. The Morgan fingerprint density at radius 1 is 0.540 bits per heavy atom. The zero-order chi connectivity index (χ0) is 37.4. The van der Waals surface area contributed by atoms with Crippen molar-refractivity contribution in [2.45, 2.75) is 92.4 Å².